The molecule has 3 nitrogen and oxygen atoms in total. The summed E-state index contributed by atoms with van der Waals surface area (Å²) in [6, 6.07) is 2.66. The van der Waals surface area contributed by atoms with Crippen LogP contribution in [0.4, 0.5) is 5.69 Å². The van der Waals surface area contributed by atoms with Crippen LogP contribution in [-0.4, -0.2) is 30.7 Å². The summed E-state index contributed by atoms with van der Waals surface area (Å²) < 4.78 is 1.04. The molecular formula is C10H16BrCl2N3. The van der Waals surface area contributed by atoms with Crippen LogP contribution >= 0.6 is 40.7 Å². The number of piperazine rings is 1. The number of nitrogens with zero attached hydrogens (tertiary/aromatic N) is 2. The first-order valence-corrected chi connectivity index (χ1v) is 5.64. The Balaban J connectivity index is 0.00000112. The Morgan fingerprint density at radius 1 is 1.44 bits per heavy atom. The van der Waals surface area contributed by atoms with E-state index in [0.29, 0.717) is 6.04 Å². The van der Waals surface area contributed by atoms with Gasteiger partial charge in [0.1, 0.15) is 0 Å². The van der Waals surface area contributed by atoms with E-state index in [-0.39, 0.29) is 24.8 Å². The maximum Gasteiger partial charge on any atom is 0.0567 e. The largest absolute Gasteiger partial charge is 0.365 e. The maximum absolute atomic E-state index is 4.18. The van der Waals surface area contributed by atoms with Crippen molar-refractivity contribution in [1.29, 1.82) is 0 Å². The van der Waals surface area contributed by atoms with Crippen LogP contribution in [0.5, 0.6) is 0 Å². The van der Waals surface area contributed by atoms with Crippen LogP contribution < -0.4 is 10.2 Å². The van der Waals surface area contributed by atoms with Crippen LogP contribution in [0.25, 0.3) is 0 Å². The highest BCUT2D eigenvalue weighted by atomic mass is 79.9. The zero-order valence-corrected chi connectivity index (χ0v) is 12.2. The summed E-state index contributed by atoms with van der Waals surface area (Å²) in [4.78, 5) is 6.57. The predicted octanol–water partition coefficient (Wildman–Crippen LogP) is 2.49. The zero-order valence-electron chi connectivity index (χ0n) is 9.02. The van der Waals surface area contributed by atoms with Gasteiger partial charge in [-0.2, -0.15) is 0 Å². The molecule has 92 valence electrons. The van der Waals surface area contributed by atoms with Gasteiger partial charge in [0.2, 0.25) is 0 Å². The number of rotatable bonds is 1. The van der Waals surface area contributed by atoms with Gasteiger partial charge in [-0.15, -0.1) is 24.8 Å². The molecule has 0 spiro atoms. The summed E-state index contributed by atoms with van der Waals surface area (Å²) in [6.45, 7) is 5.38. The molecule has 1 aliphatic rings. The van der Waals surface area contributed by atoms with Crippen LogP contribution in [0.15, 0.2) is 22.9 Å². The molecule has 0 unspecified atom stereocenters. The third kappa shape index (κ3) is 3.77. The Labute approximate surface area is 117 Å². The molecule has 6 heteroatoms. The van der Waals surface area contributed by atoms with Gasteiger partial charge in [0.15, 0.2) is 0 Å². The van der Waals surface area contributed by atoms with Gasteiger partial charge in [0, 0.05) is 36.3 Å². The highest BCUT2D eigenvalue weighted by molar-refractivity contribution is 9.10. The van der Waals surface area contributed by atoms with Gasteiger partial charge in [0.05, 0.1) is 11.9 Å². The zero-order chi connectivity index (χ0) is 9.97. The summed E-state index contributed by atoms with van der Waals surface area (Å²) in [5.41, 5.74) is 1.20. The van der Waals surface area contributed by atoms with Gasteiger partial charge >= 0.3 is 0 Å². The first-order valence-electron chi connectivity index (χ1n) is 4.85. The highest BCUT2D eigenvalue weighted by Crippen LogP contribution is 2.20. The Kier molecular flexibility index (Phi) is 7.31. The highest BCUT2D eigenvalue weighted by Gasteiger charge is 2.18. The molecule has 1 saturated heterocycles. The maximum atomic E-state index is 4.18. The number of hydrogen-bond acceptors (Lipinski definition) is 3. The Hall–Kier alpha value is -0.0300. The molecule has 0 aliphatic carbocycles. The molecule has 1 N–H and O–H groups in total. The average molecular weight is 329 g/mol. The topological polar surface area (TPSA) is 28.2 Å². The second-order valence-electron chi connectivity index (χ2n) is 3.61. The van der Waals surface area contributed by atoms with Crippen LogP contribution in [0.2, 0.25) is 0 Å². The normalized spacial score (nSPS) is 19.6. The molecule has 0 radical (unpaired) electrons. The molecule has 1 fully saturated rings. The van der Waals surface area contributed by atoms with E-state index in [4.69, 9.17) is 0 Å². The van der Waals surface area contributed by atoms with Crippen LogP contribution in [0.1, 0.15) is 6.92 Å². The molecule has 1 aliphatic heterocycles. The summed E-state index contributed by atoms with van der Waals surface area (Å²) in [7, 11) is 0. The minimum absolute atomic E-state index is 0. The molecule has 16 heavy (non-hydrogen) atoms. The van der Waals surface area contributed by atoms with Crippen molar-refractivity contribution in [1.82, 2.24) is 10.3 Å². The molecule has 2 heterocycles. The van der Waals surface area contributed by atoms with Gasteiger partial charge < -0.3 is 10.2 Å². The second-order valence-corrected chi connectivity index (χ2v) is 4.52. The number of halogens is 3. The molecule has 0 saturated carbocycles. The first-order chi connectivity index (χ1) is 6.77. The molecule has 2 rings (SSSR count). The van der Waals surface area contributed by atoms with E-state index in [1.54, 1.807) is 0 Å². The Bertz CT molecular complexity index is 325. The van der Waals surface area contributed by atoms with Gasteiger partial charge in [-0.1, -0.05) is 0 Å². The van der Waals surface area contributed by atoms with Gasteiger partial charge in [-0.05, 0) is 28.9 Å². The monoisotopic (exact) mass is 327 g/mol. The average Bonchev–Trinajstić information content (AvgIpc) is 2.18. The minimum Gasteiger partial charge on any atom is -0.365 e. The van der Waals surface area contributed by atoms with E-state index >= 15 is 0 Å². The first kappa shape index (κ1) is 16.0. The number of pyridine rings is 1. The van der Waals surface area contributed by atoms with Crippen molar-refractivity contribution in [2.24, 2.45) is 0 Å². The van der Waals surface area contributed by atoms with Crippen LogP contribution in [-0.2, 0) is 0 Å². The van der Waals surface area contributed by atoms with Crippen molar-refractivity contribution in [2.75, 3.05) is 24.5 Å². The number of anilines is 1. The number of aromatic nitrogens is 1. The Morgan fingerprint density at radius 2 is 2.19 bits per heavy atom. The van der Waals surface area contributed by atoms with Crippen molar-refractivity contribution >= 4 is 46.4 Å². The lowest BCUT2D eigenvalue weighted by Crippen LogP contribution is -2.49. The third-order valence-electron chi connectivity index (χ3n) is 2.52. The van der Waals surface area contributed by atoms with E-state index in [0.717, 1.165) is 24.1 Å². The molecule has 0 bridgehead atoms. The van der Waals surface area contributed by atoms with Gasteiger partial charge in [-0.3, -0.25) is 4.98 Å². The lowest BCUT2D eigenvalue weighted by molar-refractivity contribution is 0.500. The summed E-state index contributed by atoms with van der Waals surface area (Å²) in [5.74, 6) is 0. The Morgan fingerprint density at radius 3 is 2.81 bits per heavy atom. The lowest BCUT2D eigenvalue weighted by Gasteiger charge is -2.35. The van der Waals surface area contributed by atoms with Gasteiger partial charge in [0.25, 0.3) is 0 Å². The number of nitrogens with one attached hydrogen (secondary N) is 1. The summed E-state index contributed by atoms with van der Waals surface area (Å²) >= 11 is 3.44. The minimum atomic E-state index is 0. The molecular weight excluding hydrogens is 313 g/mol. The van der Waals surface area contributed by atoms with Crippen LogP contribution in [0, 0.1) is 0 Å². The molecule has 0 amide bonds. The molecule has 1 aromatic heterocycles. The SMILES string of the molecule is C[C@H]1CNCCN1c1cncc(Br)c1.Cl.Cl. The van der Waals surface area contributed by atoms with Crippen LogP contribution in [0.3, 0.4) is 0 Å². The fourth-order valence-corrected chi connectivity index (χ4v) is 2.14. The summed E-state index contributed by atoms with van der Waals surface area (Å²) in [5, 5.41) is 3.38. The van der Waals surface area contributed by atoms with Crippen molar-refractivity contribution in [3.8, 4) is 0 Å². The van der Waals surface area contributed by atoms with Crippen molar-refractivity contribution in [3.63, 3.8) is 0 Å². The van der Waals surface area contributed by atoms with E-state index in [9.17, 15) is 0 Å². The number of hydrogen-bond donors (Lipinski definition) is 1. The standard InChI is InChI=1S/C10H14BrN3.2ClH/c1-8-5-12-2-3-14(8)10-4-9(11)6-13-7-10;;/h4,6-8,12H,2-3,5H2,1H3;2*1H/t8-;;/m0../s1. The van der Waals surface area contributed by atoms with E-state index in [1.807, 2.05) is 12.4 Å². The van der Waals surface area contributed by atoms with E-state index < -0.39 is 0 Å². The fourth-order valence-electron chi connectivity index (χ4n) is 1.78. The van der Waals surface area contributed by atoms with Gasteiger partial charge in [-0.25, -0.2) is 0 Å². The molecule has 1 aromatic rings. The van der Waals surface area contributed by atoms with Crippen molar-refractivity contribution in [2.45, 2.75) is 13.0 Å². The fraction of sp³-hybridized carbons (Fsp3) is 0.500. The second kappa shape index (κ2) is 7.33. The van der Waals surface area contributed by atoms with E-state index in [2.05, 4.69) is 44.1 Å². The van der Waals surface area contributed by atoms with Crippen molar-refractivity contribution in [3.05, 3.63) is 22.9 Å². The smallest absolute Gasteiger partial charge is 0.0567 e. The lowest BCUT2D eigenvalue weighted by atomic mass is 10.2. The quantitative estimate of drug-likeness (QED) is 0.858. The van der Waals surface area contributed by atoms with E-state index in [1.165, 1.54) is 5.69 Å². The van der Waals surface area contributed by atoms with Crippen molar-refractivity contribution < 1.29 is 0 Å². The third-order valence-corrected chi connectivity index (χ3v) is 2.96. The molecule has 1 atom stereocenters. The molecule has 0 aromatic carbocycles. The summed E-state index contributed by atoms with van der Waals surface area (Å²) in [6.07, 6.45) is 3.74. The predicted molar refractivity (Wildman–Crippen MR) is 76.1 cm³/mol.